The zero-order chi connectivity index (χ0) is 13.3. The Bertz CT molecular complexity index is 546. The van der Waals surface area contributed by atoms with Gasteiger partial charge in [0, 0.05) is 11.8 Å². The topological polar surface area (TPSA) is 38.0 Å². The molecule has 1 heterocycles. The Balaban J connectivity index is 2.36. The summed E-state index contributed by atoms with van der Waals surface area (Å²) in [6, 6.07) is 5.50. The van der Waals surface area contributed by atoms with E-state index < -0.39 is 6.30 Å². The maximum absolute atomic E-state index is 13.1. The Labute approximate surface area is 106 Å². The third-order valence-corrected chi connectivity index (χ3v) is 2.95. The molecule has 0 saturated carbocycles. The van der Waals surface area contributed by atoms with E-state index in [1.165, 1.54) is 11.6 Å². The molecule has 1 aromatic heterocycles. The lowest BCUT2D eigenvalue weighted by molar-refractivity contribution is 0.245. The lowest BCUT2D eigenvalue weighted by atomic mass is 9.99. The standard InChI is InChI=1S/C14H17FN2O/c1-9(2)13-5-4-11(6-14(13)18)12-7-16-17(8-12)10(3)15/h4-10,18H,1-3H3. The van der Waals surface area contributed by atoms with E-state index in [9.17, 15) is 9.50 Å². The minimum Gasteiger partial charge on any atom is -0.508 e. The van der Waals surface area contributed by atoms with Crippen molar-refractivity contribution in [2.75, 3.05) is 0 Å². The largest absolute Gasteiger partial charge is 0.508 e. The van der Waals surface area contributed by atoms with Gasteiger partial charge in [-0.2, -0.15) is 5.10 Å². The summed E-state index contributed by atoms with van der Waals surface area (Å²) < 4.78 is 14.3. The fourth-order valence-corrected chi connectivity index (χ4v) is 1.89. The highest BCUT2D eigenvalue weighted by Gasteiger charge is 2.10. The maximum atomic E-state index is 13.1. The summed E-state index contributed by atoms with van der Waals surface area (Å²) in [6.45, 7) is 5.48. The van der Waals surface area contributed by atoms with Gasteiger partial charge in [-0.15, -0.1) is 0 Å². The number of rotatable bonds is 3. The fraction of sp³-hybridized carbons (Fsp3) is 0.357. The normalized spacial score (nSPS) is 12.9. The van der Waals surface area contributed by atoms with Crippen molar-refractivity contribution in [2.45, 2.75) is 33.0 Å². The summed E-state index contributed by atoms with van der Waals surface area (Å²) >= 11 is 0. The predicted molar refractivity (Wildman–Crippen MR) is 69.2 cm³/mol. The minimum absolute atomic E-state index is 0.267. The van der Waals surface area contributed by atoms with Crippen LogP contribution in [0.5, 0.6) is 5.75 Å². The molecule has 4 heteroatoms. The molecule has 0 saturated heterocycles. The molecule has 18 heavy (non-hydrogen) atoms. The van der Waals surface area contributed by atoms with Gasteiger partial charge in [0.15, 0.2) is 6.30 Å². The Morgan fingerprint density at radius 1 is 1.22 bits per heavy atom. The molecule has 1 unspecified atom stereocenters. The molecule has 96 valence electrons. The maximum Gasteiger partial charge on any atom is 0.188 e. The van der Waals surface area contributed by atoms with Gasteiger partial charge in [-0.25, -0.2) is 9.07 Å². The minimum atomic E-state index is -1.15. The van der Waals surface area contributed by atoms with Crippen LogP contribution in [0.2, 0.25) is 0 Å². The molecule has 0 aliphatic rings. The van der Waals surface area contributed by atoms with Crippen LogP contribution < -0.4 is 0 Å². The van der Waals surface area contributed by atoms with E-state index in [1.54, 1.807) is 18.5 Å². The van der Waals surface area contributed by atoms with E-state index in [1.807, 2.05) is 26.0 Å². The summed E-state index contributed by atoms with van der Waals surface area (Å²) in [5, 5.41) is 13.9. The number of hydrogen-bond acceptors (Lipinski definition) is 2. The monoisotopic (exact) mass is 248 g/mol. The van der Waals surface area contributed by atoms with Crippen molar-refractivity contribution in [2.24, 2.45) is 0 Å². The Kier molecular flexibility index (Phi) is 3.36. The van der Waals surface area contributed by atoms with E-state index in [4.69, 9.17) is 0 Å². The Hall–Kier alpha value is -1.84. The molecule has 1 aromatic carbocycles. The Morgan fingerprint density at radius 2 is 1.94 bits per heavy atom. The number of aromatic hydroxyl groups is 1. The van der Waals surface area contributed by atoms with Crippen LogP contribution in [-0.2, 0) is 0 Å². The second-order valence-corrected chi connectivity index (χ2v) is 4.71. The van der Waals surface area contributed by atoms with Gasteiger partial charge in [0.2, 0.25) is 0 Å². The second kappa shape index (κ2) is 4.80. The van der Waals surface area contributed by atoms with Crippen molar-refractivity contribution in [3.63, 3.8) is 0 Å². The van der Waals surface area contributed by atoms with Crippen LogP contribution in [0.25, 0.3) is 11.1 Å². The van der Waals surface area contributed by atoms with Crippen LogP contribution in [0, 0.1) is 0 Å². The molecular weight excluding hydrogens is 231 g/mol. The lowest BCUT2D eigenvalue weighted by Crippen LogP contribution is -1.98. The smallest absolute Gasteiger partial charge is 0.188 e. The van der Waals surface area contributed by atoms with Crippen molar-refractivity contribution in [1.29, 1.82) is 0 Å². The number of alkyl halides is 1. The average molecular weight is 248 g/mol. The van der Waals surface area contributed by atoms with Gasteiger partial charge in [-0.1, -0.05) is 26.0 Å². The molecule has 1 atom stereocenters. The first kappa shape index (κ1) is 12.6. The van der Waals surface area contributed by atoms with Crippen LogP contribution in [0.3, 0.4) is 0 Å². The molecular formula is C14H17FN2O. The van der Waals surface area contributed by atoms with Crippen molar-refractivity contribution in [3.8, 4) is 16.9 Å². The first-order valence-electron chi connectivity index (χ1n) is 6.00. The summed E-state index contributed by atoms with van der Waals surface area (Å²) in [5.74, 6) is 0.538. The van der Waals surface area contributed by atoms with E-state index >= 15 is 0 Å². The number of nitrogens with zero attached hydrogens (tertiary/aromatic N) is 2. The summed E-state index contributed by atoms with van der Waals surface area (Å²) in [4.78, 5) is 0. The highest BCUT2D eigenvalue weighted by Crippen LogP contribution is 2.30. The molecule has 0 amide bonds. The molecule has 1 N–H and O–H groups in total. The summed E-state index contributed by atoms with van der Waals surface area (Å²) in [5.41, 5.74) is 2.54. The van der Waals surface area contributed by atoms with Crippen LogP contribution in [0.15, 0.2) is 30.6 Å². The van der Waals surface area contributed by atoms with Gasteiger partial charge in [0.05, 0.1) is 6.20 Å². The third-order valence-electron chi connectivity index (χ3n) is 2.95. The number of aromatic nitrogens is 2. The van der Waals surface area contributed by atoms with Gasteiger partial charge in [-0.05, 0) is 30.0 Å². The summed E-state index contributed by atoms with van der Waals surface area (Å²) in [7, 11) is 0. The van der Waals surface area contributed by atoms with Gasteiger partial charge in [-0.3, -0.25) is 0 Å². The molecule has 0 spiro atoms. The van der Waals surface area contributed by atoms with Gasteiger partial charge in [0.25, 0.3) is 0 Å². The quantitative estimate of drug-likeness (QED) is 0.895. The van der Waals surface area contributed by atoms with E-state index in [0.717, 1.165) is 16.7 Å². The van der Waals surface area contributed by atoms with Crippen LogP contribution in [0.1, 0.15) is 38.5 Å². The zero-order valence-electron chi connectivity index (χ0n) is 10.8. The molecule has 0 aliphatic carbocycles. The van der Waals surface area contributed by atoms with Crippen molar-refractivity contribution >= 4 is 0 Å². The first-order valence-corrected chi connectivity index (χ1v) is 6.00. The predicted octanol–water partition coefficient (Wildman–Crippen LogP) is 3.87. The van der Waals surface area contributed by atoms with E-state index in [-0.39, 0.29) is 11.7 Å². The molecule has 2 aromatic rings. The van der Waals surface area contributed by atoms with Crippen molar-refractivity contribution in [3.05, 3.63) is 36.2 Å². The zero-order valence-corrected chi connectivity index (χ0v) is 10.8. The van der Waals surface area contributed by atoms with Gasteiger partial charge < -0.3 is 5.11 Å². The molecule has 0 fully saturated rings. The highest BCUT2D eigenvalue weighted by atomic mass is 19.1. The van der Waals surface area contributed by atoms with E-state index in [0.29, 0.717) is 0 Å². The number of halogens is 1. The van der Waals surface area contributed by atoms with Crippen LogP contribution in [0.4, 0.5) is 4.39 Å². The number of hydrogen-bond donors (Lipinski definition) is 1. The molecule has 0 radical (unpaired) electrons. The van der Waals surface area contributed by atoms with Crippen LogP contribution in [-0.4, -0.2) is 14.9 Å². The molecule has 3 nitrogen and oxygen atoms in total. The SMILES string of the molecule is CC(C)c1ccc(-c2cnn(C(C)F)c2)cc1O. The van der Waals surface area contributed by atoms with Gasteiger partial charge in [0.1, 0.15) is 5.75 Å². The van der Waals surface area contributed by atoms with E-state index in [2.05, 4.69) is 5.10 Å². The van der Waals surface area contributed by atoms with Crippen molar-refractivity contribution in [1.82, 2.24) is 9.78 Å². The Morgan fingerprint density at radius 3 is 2.44 bits per heavy atom. The summed E-state index contributed by atoms with van der Waals surface area (Å²) in [6.07, 6.45) is 2.08. The van der Waals surface area contributed by atoms with Gasteiger partial charge >= 0.3 is 0 Å². The third kappa shape index (κ3) is 2.37. The number of phenolic OH excluding ortho intramolecular Hbond substituents is 1. The molecule has 0 aliphatic heterocycles. The highest BCUT2D eigenvalue weighted by molar-refractivity contribution is 5.64. The number of benzene rings is 1. The van der Waals surface area contributed by atoms with Crippen LogP contribution >= 0.6 is 0 Å². The first-order chi connectivity index (χ1) is 8.49. The second-order valence-electron chi connectivity index (χ2n) is 4.71. The molecule has 0 bridgehead atoms. The molecule has 2 rings (SSSR count). The fourth-order valence-electron chi connectivity index (χ4n) is 1.89. The lowest BCUT2D eigenvalue weighted by Gasteiger charge is -2.09. The average Bonchev–Trinajstić information content (AvgIpc) is 2.77. The number of phenols is 1. The van der Waals surface area contributed by atoms with Crippen molar-refractivity contribution < 1.29 is 9.50 Å².